The van der Waals surface area contributed by atoms with Crippen molar-refractivity contribution in [2.75, 3.05) is 0 Å². The van der Waals surface area contributed by atoms with Gasteiger partial charge in [-0.15, -0.1) is 0 Å². The highest BCUT2D eigenvalue weighted by atomic mass is 14.4. The molecule has 1 aliphatic carbocycles. The maximum Gasteiger partial charge on any atom is 0.0103 e. The summed E-state index contributed by atoms with van der Waals surface area (Å²) in [6.07, 6.45) is 2.33. The summed E-state index contributed by atoms with van der Waals surface area (Å²) < 4.78 is 0. The van der Waals surface area contributed by atoms with Crippen molar-refractivity contribution >= 4 is 0 Å². The van der Waals surface area contributed by atoms with Crippen LogP contribution in [0.4, 0.5) is 0 Å². The second-order valence-electron chi connectivity index (χ2n) is 8.75. The van der Waals surface area contributed by atoms with Crippen LogP contribution in [0.1, 0.15) is 81.7 Å². The van der Waals surface area contributed by atoms with E-state index in [1.54, 1.807) is 11.1 Å². The summed E-state index contributed by atoms with van der Waals surface area (Å²) >= 11 is 0. The van der Waals surface area contributed by atoms with E-state index in [1.807, 2.05) is 0 Å². The Morgan fingerprint density at radius 2 is 1.70 bits per heavy atom. The molecule has 0 fully saturated rings. The Bertz CT molecular complexity index is 713. The molecule has 1 atom stereocenters. The van der Waals surface area contributed by atoms with Crippen molar-refractivity contribution in [2.45, 2.75) is 71.1 Å². The molecule has 2 aromatic carbocycles. The molecule has 23 heavy (non-hydrogen) atoms. The summed E-state index contributed by atoms with van der Waals surface area (Å²) in [7, 11) is 0. The highest BCUT2D eigenvalue weighted by molar-refractivity contribution is 5.51. The van der Waals surface area contributed by atoms with Crippen LogP contribution in [0, 0.1) is 0 Å². The van der Waals surface area contributed by atoms with Gasteiger partial charge in [-0.3, -0.25) is 0 Å². The van der Waals surface area contributed by atoms with Crippen LogP contribution in [0.5, 0.6) is 0 Å². The monoisotopic (exact) mass is 306 g/mol. The molecule has 0 spiro atoms. The number of aryl methyl sites for hydroxylation is 1. The van der Waals surface area contributed by atoms with Crippen LogP contribution in [-0.4, -0.2) is 0 Å². The average molecular weight is 306 g/mol. The van der Waals surface area contributed by atoms with Crippen molar-refractivity contribution in [3.05, 3.63) is 70.3 Å². The lowest BCUT2D eigenvalue weighted by Gasteiger charge is -2.27. The van der Waals surface area contributed by atoms with Gasteiger partial charge in [-0.2, -0.15) is 0 Å². The van der Waals surface area contributed by atoms with E-state index in [0.29, 0.717) is 5.92 Å². The lowest BCUT2D eigenvalue weighted by Crippen LogP contribution is -2.17. The quantitative estimate of drug-likeness (QED) is 0.605. The molecule has 3 rings (SSSR count). The summed E-state index contributed by atoms with van der Waals surface area (Å²) in [5, 5.41) is 0. The zero-order chi connectivity index (χ0) is 16.8. The molecular formula is C23H30. The van der Waals surface area contributed by atoms with E-state index in [1.165, 1.54) is 23.1 Å². The van der Waals surface area contributed by atoms with Crippen molar-refractivity contribution in [1.29, 1.82) is 0 Å². The normalized spacial score (nSPS) is 19.7. The van der Waals surface area contributed by atoms with Crippen LogP contribution in [0.2, 0.25) is 0 Å². The van der Waals surface area contributed by atoms with Gasteiger partial charge >= 0.3 is 0 Å². The average Bonchev–Trinajstić information content (AvgIpc) is 2.77. The summed E-state index contributed by atoms with van der Waals surface area (Å²) in [6, 6.07) is 16.2. The van der Waals surface area contributed by atoms with Crippen LogP contribution < -0.4 is 0 Å². The van der Waals surface area contributed by atoms with Crippen molar-refractivity contribution in [2.24, 2.45) is 0 Å². The first-order valence-electron chi connectivity index (χ1n) is 8.97. The van der Waals surface area contributed by atoms with Crippen molar-refractivity contribution in [1.82, 2.24) is 0 Å². The van der Waals surface area contributed by atoms with E-state index in [4.69, 9.17) is 0 Å². The minimum atomic E-state index is 0.187. The van der Waals surface area contributed by atoms with E-state index in [9.17, 15) is 0 Å². The van der Waals surface area contributed by atoms with Crippen LogP contribution >= 0.6 is 0 Å². The Morgan fingerprint density at radius 1 is 1.00 bits per heavy atom. The third kappa shape index (κ3) is 2.84. The SMILES string of the molecule is CCc1ccc2c(c1)C(C)(C)CC2c1ccccc1C(C)(C)C. The number of hydrogen-bond acceptors (Lipinski definition) is 0. The molecule has 0 radical (unpaired) electrons. The van der Waals surface area contributed by atoms with E-state index < -0.39 is 0 Å². The molecule has 1 aliphatic rings. The molecule has 0 aromatic heterocycles. The van der Waals surface area contributed by atoms with Gasteiger partial charge in [-0.05, 0) is 51.5 Å². The molecule has 1 unspecified atom stereocenters. The Balaban J connectivity index is 2.15. The van der Waals surface area contributed by atoms with Gasteiger partial charge in [-0.1, -0.05) is 84.0 Å². The second kappa shape index (κ2) is 5.51. The van der Waals surface area contributed by atoms with Gasteiger partial charge in [0.15, 0.2) is 0 Å². The maximum atomic E-state index is 2.45. The fourth-order valence-electron chi connectivity index (χ4n) is 4.20. The van der Waals surface area contributed by atoms with Gasteiger partial charge in [0, 0.05) is 5.92 Å². The zero-order valence-electron chi connectivity index (χ0n) is 15.5. The van der Waals surface area contributed by atoms with Gasteiger partial charge in [-0.25, -0.2) is 0 Å². The summed E-state index contributed by atoms with van der Waals surface area (Å²) in [5.41, 5.74) is 8.03. The topological polar surface area (TPSA) is 0 Å². The fourth-order valence-corrected chi connectivity index (χ4v) is 4.20. The van der Waals surface area contributed by atoms with Gasteiger partial charge in [0.05, 0.1) is 0 Å². The van der Waals surface area contributed by atoms with E-state index in [0.717, 1.165) is 6.42 Å². The molecule has 0 heterocycles. The summed E-state index contributed by atoms with van der Waals surface area (Å²) in [4.78, 5) is 0. The Labute approximate surface area is 141 Å². The fraction of sp³-hybridized carbons (Fsp3) is 0.478. The Kier molecular flexibility index (Phi) is 3.91. The van der Waals surface area contributed by atoms with Gasteiger partial charge < -0.3 is 0 Å². The maximum absolute atomic E-state index is 2.45. The molecule has 0 bridgehead atoms. The lowest BCUT2D eigenvalue weighted by atomic mass is 9.77. The van der Waals surface area contributed by atoms with Gasteiger partial charge in [0.1, 0.15) is 0 Å². The predicted molar refractivity (Wildman–Crippen MR) is 100 cm³/mol. The zero-order valence-corrected chi connectivity index (χ0v) is 15.5. The number of fused-ring (bicyclic) bond motifs is 1. The molecule has 0 nitrogen and oxygen atoms in total. The van der Waals surface area contributed by atoms with E-state index in [-0.39, 0.29) is 10.8 Å². The third-order valence-corrected chi connectivity index (χ3v) is 5.49. The van der Waals surface area contributed by atoms with Gasteiger partial charge in [0.25, 0.3) is 0 Å². The highest BCUT2D eigenvalue weighted by Crippen LogP contribution is 2.50. The lowest BCUT2D eigenvalue weighted by molar-refractivity contribution is 0.492. The van der Waals surface area contributed by atoms with Crippen LogP contribution in [0.3, 0.4) is 0 Å². The molecule has 0 saturated heterocycles. The molecule has 0 aliphatic heterocycles. The van der Waals surface area contributed by atoms with Crippen LogP contribution in [-0.2, 0) is 17.3 Å². The highest BCUT2D eigenvalue weighted by Gasteiger charge is 2.39. The Hall–Kier alpha value is -1.56. The first kappa shape index (κ1) is 16.3. The van der Waals surface area contributed by atoms with Crippen molar-refractivity contribution in [3.63, 3.8) is 0 Å². The first-order chi connectivity index (χ1) is 10.7. The Morgan fingerprint density at radius 3 is 2.35 bits per heavy atom. The third-order valence-electron chi connectivity index (χ3n) is 5.49. The van der Waals surface area contributed by atoms with Gasteiger partial charge in [0.2, 0.25) is 0 Å². The van der Waals surface area contributed by atoms with Crippen LogP contribution in [0.15, 0.2) is 42.5 Å². The number of benzene rings is 2. The molecule has 0 amide bonds. The molecule has 0 N–H and O–H groups in total. The molecule has 122 valence electrons. The van der Waals surface area contributed by atoms with Crippen molar-refractivity contribution in [3.8, 4) is 0 Å². The summed E-state index contributed by atoms with van der Waals surface area (Å²) in [6.45, 7) is 14.0. The molecular weight excluding hydrogens is 276 g/mol. The second-order valence-corrected chi connectivity index (χ2v) is 8.75. The molecule has 0 saturated carbocycles. The standard InChI is InChI=1S/C23H30/c1-7-16-12-13-18-19(15-23(5,6)21(18)14-16)17-10-8-9-11-20(17)22(2,3)4/h8-14,19H,7,15H2,1-6H3. The molecule has 2 aromatic rings. The van der Waals surface area contributed by atoms with E-state index >= 15 is 0 Å². The molecule has 0 heteroatoms. The number of rotatable bonds is 2. The number of hydrogen-bond donors (Lipinski definition) is 0. The summed E-state index contributed by atoms with van der Waals surface area (Å²) in [5.74, 6) is 0.529. The van der Waals surface area contributed by atoms with Crippen LogP contribution in [0.25, 0.3) is 0 Å². The smallest absolute Gasteiger partial charge is 0.0103 e. The minimum Gasteiger partial charge on any atom is -0.0620 e. The largest absolute Gasteiger partial charge is 0.0620 e. The van der Waals surface area contributed by atoms with E-state index in [2.05, 4.69) is 84.0 Å². The van der Waals surface area contributed by atoms with Crippen molar-refractivity contribution < 1.29 is 0 Å². The predicted octanol–water partition coefficient (Wildman–Crippen LogP) is 6.36. The first-order valence-corrected chi connectivity index (χ1v) is 8.97. The minimum absolute atomic E-state index is 0.187.